The summed E-state index contributed by atoms with van der Waals surface area (Å²) in [6, 6.07) is 13.0. The number of aromatic nitrogens is 1. The molecule has 2 rings (SSSR count). The number of nitrogens with zero attached hydrogens (tertiary/aromatic N) is 2. The number of oxime groups is 1. The van der Waals surface area contributed by atoms with Crippen LogP contribution in [-0.2, 0) is 6.61 Å². The van der Waals surface area contributed by atoms with Gasteiger partial charge in [-0.15, -0.1) is 0 Å². The maximum absolute atomic E-state index is 8.68. The first-order valence-corrected chi connectivity index (χ1v) is 5.41. The topological polar surface area (TPSA) is 80.7 Å². The van der Waals surface area contributed by atoms with Crippen LogP contribution in [0.25, 0.3) is 0 Å². The molecule has 0 spiro atoms. The van der Waals surface area contributed by atoms with Crippen molar-refractivity contribution in [2.45, 2.75) is 6.61 Å². The number of para-hydroxylation sites is 1. The van der Waals surface area contributed by atoms with Crippen LogP contribution in [-0.4, -0.2) is 16.0 Å². The Morgan fingerprint density at radius 2 is 2.00 bits per heavy atom. The molecule has 5 nitrogen and oxygen atoms in total. The largest absolute Gasteiger partial charge is 0.489 e. The van der Waals surface area contributed by atoms with Crippen LogP contribution >= 0.6 is 0 Å². The van der Waals surface area contributed by atoms with E-state index in [1.165, 1.54) is 0 Å². The van der Waals surface area contributed by atoms with E-state index >= 15 is 0 Å². The minimum absolute atomic E-state index is 0.0257. The van der Waals surface area contributed by atoms with E-state index in [1.807, 2.05) is 36.4 Å². The van der Waals surface area contributed by atoms with E-state index in [0.717, 1.165) is 11.3 Å². The van der Waals surface area contributed by atoms with Crippen molar-refractivity contribution >= 4 is 5.84 Å². The number of hydrogen-bond donors (Lipinski definition) is 2. The van der Waals surface area contributed by atoms with E-state index in [2.05, 4.69) is 10.1 Å². The van der Waals surface area contributed by atoms with E-state index in [1.54, 1.807) is 12.3 Å². The van der Waals surface area contributed by atoms with Crippen LogP contribution in [0.5, 0.6) is 5.75 Å². The Hall–Kier alpha value is -2.56. The van der Waals surface area contributed by atoms with Gasteiger partial charge < -0.3 is 15.7 Å². The van der Waals surface area contributed by atoms with Gasteiger partial charge in [-0.3, -0.25) is 4.98 Å². The fourth-order valence-corrected chi connectivity index (χ4v) is 1.51. The standard InChI is InChI=1S/C13H13N3O2/c14-13(16-17)12-10(5-4-8-15-12)9-18-11-6-2-1-3-7-11/h1-8,17H,9H2,(H2,14,16). The van der Waals surface area contributed by atoms with E-state index in [-0.39, 0.29) is 5.84 Å². The second-order valence-corrected chi connectivity index (χ2v) is 3.60. The Morgan fingerprint density at radius 1 is 1.22 bits per heavy atom. The van der Waals surface area contributed by atoms with Gasteiger partial charge in [0, 0.05) is 11.8 Å². The van der Waals surface area contributed by atoms with Gasteiger partial charge in [-0.05, 0) is 18.2 Å². The van der Waals surface area contributed by atoms with E-state index in [4.69, 9.17) is 15.7 Å². The summed E-state index contributed by atoms with van der Waals surface area (Å²) in [7, 11) is 0. The summed E-state index contributed by atoms with van der Waals surface area (Å²) < 4.78 is 5.60. The zero-order valence-corrected chi connectivity index (χ0v) is 9.65. The van der Waals surface area contributed by atoms with Crippen LogP contribution in [0.2, 0.25) is 0 Å². The number of benzene rings is 1. The number of ether oxygens (including phenoxy) is 1. The van der Waals surface area contributed by atoms with Crippen LogP contribution < -0.4 is 10.5 Å². The molecule has 0 unspecified atom stereocenters. The molecule has 0 saturated heterocycles. The number of hydrogen-bond acceptors (Lipinski definition) is 4. The predicted octanol–water partition coefficient (Wildman–Crippen LogP) is 1.76. The van der Waals surface area contributed by atoms with Gasteiger partial charge >= 0.3 is 0 Å². The summed E-state index contributed by atoms with van der Waals surface area (Å²) in [6.45, 7) is 0.309. The van der Waals surface area contributed by atoms with Crippen molar-refractivity contribution < 1.29 is 9.94 Å². The third-order valence-electron chi connectivity index (χ3n) is 2.38. The number of nitrogens with two attached hydrogens (primary N) is 1. The maximum atomic E-state index is 8.68. The van der Waals surface area contributed by atoms with Gasteiger partial charge in [-0.25, -0.2) is 0 Å². The Kier molecular flexibility index (Phi) is 3.76. The van der Waals surface area contributed by atoms with Crippen LogP contribution in [0.3, 0.4) is 0 Å². The molecule has 0 bridgehead atoms. The monoisotopic (exact) mass is 243 g/mol. The quantitative estimate of drug-likeness (QED) is 0.371. The molecule has 0 aliphatic rings. The van der Waals surface area contributed by atoms with Crippen molar-refractivity contribution in [3.8, 4) is 5.75 Å². The molecule has 0 atom stereocenters. The summed E-state index contributed by atoms with van der Waals surface area (Å²) in [5, 5.41) is 11.6. The van der Waals surface area contributed by atoms with Crippen LogP contribution in [0.4, 0.5) is 0 Å². The van der Waals surface area contributed by atoms with E-state index in [0.29, 0.717) is 12.3 Å². The number of rotatable bonds is 4. The fraction of sp³-hybridized carbons (Fsp3) is 0.0769. The first-order valence-electron chi connectivity index (χ1n) is 5.41. The van der Waals surface area contributed by atoms with Crippen molar-refractivity contribution in [1.82, 2.24) is 4.98 Å². The zero-order valence-electron chi connectivity index (χ0n) is 9.65. The molecule has 0 fully saturated rings. The first-order chi connectivity index (χ1) is 8.81. The lowest BCUT2D eigenvalue weighted by Gasteiger charge is -2.09. The molecular weight excluding hydrogens is 230 g/mol. The van der Waals surface area contributed by atoms with Crippen LogP contribution in [0.15, 0.2) is 53.8 Å². The zero-order chi connectivity index (χ0) is 12.8. The van der Waals surface area contributed by atoms with Crippen molar-refractivity contribution in [3.63, 3.8) is 0 Å². The van der Waals surface area contributed by atoms with Gasteiger partial charge in [0.25, 0.3) is 0 Å². The molecule has 1 aromatic heterocycles. The van der Waals surface area contributed by atoms with Crippen LogP contribution in [0.1, 0.15) is 11.3 Å². The van der Waals surface area contributed by atoms with Gasteiger partial charge in [0.2, 0.25) is 0 Å². The Bertz CT molecular complexity index is 541. The minimum Gasteiger partial charge on any atom is -0.489 e. The first kappa shape index (κ1) is 11.9. The molecule has 0 aliphatic carbocycles. The molecule has 0 saturated carbocycles. The number of pyridine rings is 1. The van der Waals surface area contributed by atoms with Crippen molar-refractivity contribution in [1.29, 1.82) is 0 Å². The molecule has 0 radical (unpaired) electrons. The summed E-state index contributed by atoms with van der Waals surface area (Å²) in [4.78, 5) is 4.07. The highest BCUT2D eigenvalue weighted by atomic mass is 16.5. The Labute approximate surface area is 105 Å². The molecule has 2 aromatic rings. The normalized spacial score (nSPS) is 11.2. The molecule has 5 heteroatoms. The van der Waals surface area contributed by atoms with E-state index in [9.17, 15) is 0 Å². The van der Waals surface area contributed by atoms with Gasteiger partial charge in [0.05, 0.1) is 0 Å². The van der Waals surface area contributed by atoms with E-state index < -0.39 is 0 Å². The van der Waals surface area contributed by atoms with Gasteiger partial charge in [0.15, 0.2) is 5.84 Å². The lowest BCUT2D eigenvalue weighted by molar-refractivity contribution is 0.304. The van der Waals surface area contributed by atoms with Crippen LogP contribution in [0, 0.1) is 0 Å². The fourth-order valence-electron chi connectivity index (χ4n) is 1.51. The molecule has 0 aliphatic heterocycles. The second kappa shape index (κ2) is 5.67. The molecule has 0 amide bonds. The van der Waals surface area contributed by atoms with Gasteiger partial charge in [-0.2, -0.15) is 0 Å². The summed E-state index contributed by atoms with van der Waals surface area (Å²) in [5.74, 6) is 0.731. The lowest BCUT2D eigenvalue weighted by atomic mass is 10.2. The van der Waals surface area contributed by atoms with Crippen molar-refractivity contribution in [2.75, 3.05) is 0 Å². The Balaban J connectivity index is 2.15. The molecule has 1 aromatic carbocycles. The average molecular weight is 243 g/mol. The molecule has 3 N–H and O–H groups in total. The molecule has 1 heterocycles. The second-order valence-electron chi connectivity index (χ2n) is 3.60. The van der Waals surface area contributed by atoms with Crippen molar-refractivity contribution in [3.05, 3.63) is 59.9 Å². The third-order valence-corrected chi connectivity index (χ3v) is 2.38. The highest BCUT2D eigenvalue weighted by Crippen LogP contribution is 2.13. The summed E-state index contributed by atoms with van der Waals surface area (Å²) in [6.07, 6.45) is 1.58. The average Bonchev–Trinajstić information content (AvgIpc) is 2.45. The molecule has 18 heavy (non-hydrogen) atoms. The Morgan fingerprint density at radius 3 is 2.72 bits per heavy atom. The minimum atomic E-state index is -0.0257. The predicted molar refractivity (Wildman–Crippen MR) is 67.5 cm³/mol. The molecular formula is C13H13N3O2. The molecule has 92 valence electrons. The highest BCUT2D eigenvalue weighted by molar-refractivity contribution is 5.96. The SMILES string of the molecule is N/C(=N/O)c1ncccc1COc1ccccc1. The van der Waals surface area contributed by atoms with Crippen molar-refractivity contribution in [2.24, 2.45) is 10.9 Å². The number of amidine groups is 1. The smallest absolute Gasteiger partial charge is 0.189 e. The third kappa shape index (κ3) is 2.76. The van der Waals surface area contributed by atoms with Gasteiger partial charge in [0.1, 0.15) is 18.1 Å². The highest BCUT2D eigenvalue weighted by Gasteiger charge is 2.08. The summed E-state index contributed by atoms with van der Waals surface area (Å²) in [5.41, 5.74) is 6.73. The maximum Gasteiger partial charge on any atom is 0.189 e. The summed E-state index contributed by atoms with van der Waals surface area (Å²) >= 11 is 0. The van der Waals surface area contributed by atoms with Gasteiger partial charge in [-0.1, -0.05) is 29.4 Å². The lowest BCUT2D eigenvalue weighted by Crippen LogP contribution is -2.18.